The number of benzene rings is 2. The average molecular weight is 470 g/mol. The van der Waals surface area contributed by atoms with Gasteiger partial charge in [0, 0.05) is 14.1 Å². The van der Waals surface area contributed by atoms with Crippen molar-refractivity contribution in [2.45, 2.75) is 34.0 Å². The Bertz CT molecular complexity index is 1140. The zero-order valence-electron chi connectivity index (χ0n) is 17.6. The summed E-state index contributed by atoms with van der Waals surface area (Å²) in [7, 11) is 3.54. The van der Waals surface area contributed by atoms with Gasteiger partial charge < -0.3 is 9.47 Å². The monoisotopic (exact) mass is 469 g/mol. The predicted octanol–water partition coefficient (Wildman–Crippen LogP) is 4.80. The van der Waals surface area contributed by atoms with Crippen molar-refractivity contribution in [2.75, 3.05) is 14.1 Å². The van der Waals surface area contributed by atoms with Crippen LogP contribution in [0.1, 0.15) is 18.3 Å². The van der Waals surface area contributed by atoms with E-state index in [1.807, 2.05) is 43.3 Å². The number of para-hydroxylation sites is 1. The van der Waals surface area contributed by atoms with Gasteiger partial charge in [-0.2, -0.15) is 0 Å². The van der Waals surface area contributed by atoms with Crippen LogP contribution in [0.3, 0.4) is 0 Å². The molecule has 2 aromatic carbocycles. The Morgan fingerprint density at radius 1 is 1.10 bits per heavy atom. The van der Waals surface area contributed by atoms with Crippen molar-refractivity contribution >= 4 is 51.0 Å². The number of thioether (sulfide) groups is 2. The first-order chi connectivity index (χ1) is 15.0. The minimum atomic E-state index is -0.238. The van der Waals surface area contributed by atoms with E-state index in [1.165, 1.54) is 22.0 Å². The molecule has 0 N–H and O–H groups in total. The van der Waals surface area contributed by atoms with Crippen LogP contribution in [0.15, 0.2) is 64.1 Å². The van der Waals surface area contributed by atoms with Crippen LogP contribution in [0, 0.1) is 0 Å². The molecule has 0 spiro atoms. The summed E-state index contributed by atoms with van der Waals surface area (Å²) in [4.78, 5) is 18.7. The molecule has 160 valence electrons. The number of carbonyl (C=O) groups is 1. The maximum absolute atomic E-state index is 12.4. The number of fused-ring (bicyclic) bond motifs is 1. The highest BCUT2D eigenvalue weighted by Crippen LogP contribution is 2.32. The van der Waals surface area contributed by atoms with Gasteiger partial charge in [0.1, 0.15) is 5.82 Å². The van der Waals surface area contributed by atoms with Crippen LogP contribution in [-0.4, -0.2) is 49.9 Å². The molecule has 1 amide bonds. The Labute approximate surface area is 194 Å². The Balaban J connectivity index is 1.56. The zero-order chi connectivity index (χ0) is 21.8. The van der Waals surface area contributed by atoms with E-state index < -0.39 is 0 Å². The van der Waals surface area contributed by atoms with Crippen LogP contribution in [0.2, 0.25) is 0 Å². The first-order valence-electron chi connectivity index (χ1n) is 9.83. The van der Waals surface area contributed by atoms with Crippen LogP contribution < -0.4 is 0 Å². The lowest BCUT2D eigenvalue weighted by molar-refractivity contribution is -0.127. The molecule has 1 unspecified atom stereocenters. The van der Waals surface area contributed by atoms with Gasteiger partial charge in [0.2, 0.25) is 5.91 Å². The van der Waals surface area contributed by atoms with Gasteiger partial charge in [-0.25, -0.2) is 4.98 Å². The number of carbonyl (C=O) groups excluding carboxylic acids is 1. The van der Waals surface area contributed by atoms with E-state index in [4.69, 9.17) is 4.98 Å². The second-order valence-electron chi connectivity index (χ2n) is 7.20. The molecule has 0 aliphatic carbocycles. The Morgan fingerprint density at radius 3 is 2.58 bits per heavy atom. The van der Waals surface area contributed by atoms with E-state index in [9.17, 15) is 4.79 Å². The Hall–Kier alpha value is -2.36. The number of rotatable bonds is 8. The molecule has 9 heteroatoms. The number of hydrogen-bond donors (Lipinski definition) is 0. The second-order valence-corrected chi connectivity index (χ2v) is 10.8. The molecule has 4 rings (SSSR count). The van der Waals surface area contributed by atoms with Gasteiger partial charge in [-0.1, -0.05) is 66.0 Å². The molecule has 0 radical (unpaired) electrons. The summed E-state index contributed by atoms with van der Waals surface area (Å²) >= 11 is 4.81. The summed E-state index contributed by atoms with van der Waals surface area (Å²) in [6.45, 7) is 2.57. The van der Waals surface area contributed by atoms with Crippen molar-refractivity contribution in [2.24, 2.45) is 0 Å². The molecule has 0 aliphatic heterocycles. The first-order valence-corrected chi connectivity index (χ1v) is 12.5. The van der Waals surface area contributed by atoms with E-state index in [0.29, 0.717) is 12.3 Å². The largest absolute Gasteiger partial charge is 0.348 e. The van der Waals surface area contributed by atoms with Crippen LogP contribution in [0.5, 0.6) is 0 Å². The minimum absolute atomic E-state index is 0.0599. The third-order valence-corrected chi connectivity index (χ3v) is 7.89. The fourth-order valence-electron chi connectivity index (χ4n) is 3.05. The van der Waals surface area contributed by atoms with Gasteiger partial charge in [0.05, 0.1) is 27.8 Å². The van der Waals surface area contributed by atoms with Gasteiger partial charge >= 0.3 is 0 Å². The first kappa shape index (κ1) is 21.9. The number of amides is 1. The summed E-state index contributed by atoms with van der Waals surface area (Å²) in [5.74, 6) is 1.60. The molecule has 0 fully saturated rings. The molecular formula is C22H23N5OS3. The normalized spacial score (nSPS) is 12.2. The predicted molar refractivity (Wildman–Crippen MR) is 129 cm³/mol. The Morgan fingerprint density at radius 2 is 1.84 bits per heavy atom. The lowest BCUT2D eigenvalue weighted by atomic mass is 10.2. The van der Waals surface area contributed by atoms with Gasteiger partial charge in [-0.3, -0.25) is 4.79 Å². The van der Waals surface area contributed by atoms with Crippen molar-refractivity contribution in [1.29, 1.82) is 0 Å². The summed E-state index contributed by atoms with van der Waals surface area (Å²) in [6.07, 6.45) is 0. The molecule has 6 nitrogen and oxygen atoms in total. The van der Waals surface area contributed by atoms with Crippen molar-refractivity contribution in [3.8, 4) is 0 Å². The molecule has 0 saturated carbocycles. The van der Waals surface area contributed by atoms with Crippen LogP contribution >= 0.6 is 34.9 Å². The highest BCUT2D eigenvalue weighted by molar-refractivity contribution is 8.00. The molecule has 31 heavy (non-hydrogen) atoms. The fraction of sp³-hybridized carbons (Fsp3) is 0.273. The third-order valence-electron chi connectivity index (χ3n) is 4.65. The number of thiazole rings is 1. The van der Waals surface area contributed by atoms with E-state index in [2.05, 4.69) is 33.0 Å². The smallest absolute Gasteiger partial charge is 0.235 e. The van der Waals surface area contributed by atoms with Gasteiger partial charge in [0.25, 0.3) is 0 Å². The third kappa shape index (κ3) is 5.28. The molecule has 2 aromatic heterocycles. The van der Waals surface area contributed by atoms with Crippen molar-refractivity contribution in [3.63, 3.8) is 0 Å². The van der Waals surface area contributed by atoms with Gasteiger partial charge in [0.15, 0.2) is 9.50 Å². The van der Waals surface area contributed by atoms with Gasteiger partial charge in [-0.05, 0) is 24.6 Å². The minimum Gasteiger partial charge on any atom is -0.348 e. The van der Waals surface area contributed by atoms with Crippen LogP contribution in [-0.2, 0) is 17.1 Å². The summed E-state index contributed by atoms with van der Waals surface area (Å²) < 4.78 is 4.31. The molecule has 0 aliphatic rings. The SMILES string of the molecule is CC(Sc1nnc(CSc2nc3ccccc3s2)n1Cc1ccccc1)C(=O)N(C)C. The summed E-state index contributed by atoms with van der Waals surface area (Å²) in [6, 6.07) is 18.4. The summed E-state index contributed by atoms with van der Waals surface area (Å²) in [5.41, 5.74) is 2.19. The maximum Gasteiger partial charge on any atom is 0.235 e. The van der Waals surface area contributed by atoms with Crippen molar-refractivity contribution < 1.29 is 4.79 Å². The fourth-order valence-corrected chi connectivity index (χ4v) is 6.07. The van der Waals surface area contributed by atoms with E-state index in [-0.39, 0.29) is 11.2 Å². The maximum atomic E-state index is 12.4. The quantitative estimate of drug-likeness (QED) is 0.346. The topological polar surface area (TPSA) is 63.9 Å². The molecule has 2 heterocycles. The lowest BCUT2D eigenvalue weighted by Crippen LogP contribution is -2.29. The zero-order valence-corrected chi connectivity index (χ0v) is 20.0. The van der Waals surface area contributed by atoms with Crippen molar-refractivity contribution in [1.82, 2.24) is 24.6 Å². The lowest BCUT2D eigenvalue weighted by Gasteiger charge is -2.16. The van der Waals surface area contributed by atoms with Gasteiger partial charge in [-0.15, -0.1) is 21.5 Å². The van der Waals surface area contributed by atoms with E-state index in [0.717, 1.165) is 20.8 Å². The number of nitrogens with zero attached hydrogens (tertiary/aromatic N) is 5. The molecule has 0 saturated heterocycles. The number of hydrogen-bond acceptors (Lipinski definition) is 7. The van der Waals surface area contributed by atoms with Crippen molar-refractivity contribution in [3.05, 3.63) is 66.0 Å². The van der Waals surface area contributed by atoms with Crippen LogP contribution in [0.25, 0.3) is 10.2 Å². The molecular weight excluding hydrogens is 446 g/mol. The molecule has 4 aromatic rings. The van der Waals surface area contributed by atoms with Crippen LogP contribution in [0.4, 0.5) is 0 Å². The second kappa shape index (κ2) is 9.84. The molecule has 0 bridgehead atoms. The highest BCUT2D eigenvalue weighted by atomic mass is 32.2. The standard InChI is InChI=1S/C22H23N5OS3/c1-15(20(28)26(2)3)30-21-25-24-19(27(21)13-16-9-5-4-6-10-16)14-29-22-23-17-11-7-8-12-18(17)31-22/h4-12,15H,13-14H2,1-3H3. The van der Waals surface area contributed by atoms with E-state index in [1.54, 1.807) is 42.1 Å². The Kier molecular flexibility index (Phi) is 6.94. The van der Waals surface area contributed by atoms with E-state index >= 15 is 0 Å². The summed E-state index contributed by atoms with van der Waals surface area (Å²) in [5, 5.41) is 9.40. The average Bonchev–Trinajstić information content (AvgIpc) is 3.36. The highest BCUT2D eigenvalue weighted by Gasteiger charge is 2.22. The number of aromatic nitrogens is 4. The molecule has 1 atom stereocenters.